The second-order valence-corrected chi connectivity index (χ2v) is 4.47. The zero-order valence-electron chi connectivity index (χ0n) is 11.8. The van der Waals surface area contributed by atoms with Crippen LogP contribution in [0.2, 0.25) is 0 Å². The summed E-state index contributed by atoms with van der Waals surface area (Å²) in [4.78, 5) is 26.3. The number of nitrogens with zero attached hydrogens (tertiary/aromatic N) is 4. The predicted molar refractivity (Wildman–Crippen MR) is 76.4 cm³/mol. The first-order valence-electron chi connectivity index (χ1n) is 6.28. The summed E-state index contributed by atoms with van der Waals surface area (Å²) in [5, 5.41) is 2.86. The van der Waals surface area contributed by atoms with E-state index in [1.54, 1.807) is 19.0 Å². The van der Waals surface area contributed by atoms with Gasteiger partial charge in [0.05, 0.1) is 24.6 Å². The molecule has 104 valence electrons. The van der Waals surface area contributed by atoms with Gasteiger partial charge in [0, 0.05) is 19.8 Å². The van der Waals surface area contributed by atoms with Crippen molar-refractivity contribution in [2.75, 3.05) is 19.4 Å². The van der Waals surface area contributed by atoms with E-state index in [1.807, 2.05) is 25.1 Å². The lowest BCUT2D eigenvalue weighted by Crippen LogP contribution is -2.27. The Kier molecular flexibility index (Phi) is 4.24. The molecule has 0 saturated heterocycles. The third-order valence-electron chi connectivity index (χ3n) is 2.82. The van der Waals surface area contributed by atoms with Gasteiger partial charge in [-0.2, -0.15) is 0 Å². The number of nitrogens with one attached hydrogen (secondary N) is 1. The fraction of sp³-hybridized carbons (Fsp3) is 0.286. The average molecular weight is 271 g/mol. The number of carbonyl (C=O) groups excluding carboxylic acids is 1. The highest BCUT2D eigenvalue weighted by molar-refractivity contribution is 5.91. The van der Waals surface area contributed by atoms with Gasteiger partial charge in [0.25, 0.3) is 5.91 Å². The van der Waals surface area contributed by atoms with E-state index in [1.165, 1.54) is 12.4 Å². The minimum Gasteiger partial charge on any atom is -0.372 e. The van der Waals surface area contributed by atoms with Crippen LogP contribution in [0.4, 0.5) is 5.82 Å². The molecule has 0 bridgehead atoms. The van der Waals surface area contributed by atoms with Gasteiger partial charge < -0.3 is 10.2 Å². The molecule has 2 heterocycles. The Morgan fingerprint density at radius 2 is 2.10 bits per heavy atom. The number of pyridine rings is 1. The van der Waals surface area contributed by atoms with Crippen LogP contribution >= 0.6 is 0 Å². The Labute approximate surface area is 117 Å². The van der Waals surface area contributed by atoms with Gasteiger partial charge in [-0.1, -0.05) is 6.07 Å². The largest absolute Gasteiger partial charge is 0.372 e. The zero-order valence-corrected chi connectivity index (χ0v) is 11.8. The lowest BCUT2D eigenvalue weighted by atomic mass is 10.3. The molecule has 0 fully saturated rings. The van der Waals surface area contributed by atoms with Gasteiger partial charge in [0.2, 0.25) is 0 Å². The summed E-state index contributed by atoms with van der Waals surface area (Å²) in [6, 6.07) is 5.75. The van der Waals surface area contributed by atoms with Crippen LogP contribution in [0.3, 0.4) is 0 Å². The van der Waals surface area contributed by atoms with E-state index in [2.05, 4.69) is 20.3 Å². The van der Waals surface area contributed by atoms with Crippen molar-refractivity contribution in [3.05, 3.63) is 47.7 Å². The van der Waals surface area contributed by atoms with Gasteiger partial charge in [0.15, 0.2) is 0 Å². The fourth-order valence-electron chi connectivity index (χ4n) is 1.77. The summed E-state index contributed by atoms with van der Waals surface area (Å²) in [5.74, 6) is 0.452. The monoisotopic (exact) mass is 271 g/mol. The molecule has 1 amide bonds. The molecular weight excluding hydrogens is 254 g/mol. The van der Waals surface area contributed by atoms with E-state index < -0.39 is 0 Å². The number of aryl methyl sites for hydroxylation is 1. The summed E-state index contributed by atoms with van der Waals surface area (Å²) in [7, 11) is 3.47. The van der Waals surface area contributed by atoms with Crippen LogP contribution < -0.4 is 5.32 Å². The lowest BCUT2D eigenvalue weighted by molar-refractivity contribution is 0.0777. The number of carbonyl (C=O) groups is 1. The Morgan fingerprint density at radius 3 is 2.70 bits per heavy atom. The first-order valence-corrected chi connectivity index (χ1v) is 6.28. The van der Waals surface area contributed by atoms with Gasteiger partial charge in [-0.05, 0) is 19.1 Å². The molecular formula is C14H17N5O. The maximum atomic E-state index is 12.2. The van der Waals surface area contributed by atoms with Crippen LogP contribution in [0, 0.1) is 6.92 Å². The Balaban J connectivity index is 2.07. The minimum atomic E-state index is -0.177. The van der Waals surface area contributed by atoms with Gasteiger partial charge in [-0.15, -0.1) is 0 Å². The van der Waals surface area contributed by atoms with E-state index >= 15 is 0 Å². The first kappa shape index (κ1) is 13.9. The molecule has 0 unspecified atom stereocenters. The third-order valence-corrected chi connectivity index (χ3v) is 2.82. The normalized spacial score (nSPS) is 10.2. The van der Waals surface area contributed by atoms with E-state index in [4.69, 9.17) is 0 Å². The first-order chi connectivity index (χ1) is 9.60. The summed E-state index contributed by atoms with van der Waals surface area (Å²) in [6.45, 7) is 2.36. The van der Waals surface area contributed by atoms with Crippen molar-refractivity contribution >= 4 is 11.7 Å². The zero-order chi connectivity index (χ0) is 14.5. The number of hydrogen-bond acceptors (Lipinski definition) is 5. The molecule has 2 aromatic heterocycles. The second-order valence-electron chi connectivity index (χ2n) is 4.47. The van der Waals surface area contributed by atoms with Crippen LogP contribution in [0.1, 0.15) is 21.9 Å². The molecule has 0 aliphatic heterocycles. The minimum absolute atomic E-state index is 0.177. The number of hydrogen-bond donors (Lipinski definition) is 1. The topological polar surface area (TPSA) is 71.0 Å². The van der Waals surface area contributed by atoms with Crippen LogP contribution in [0.15, 0.2) is 30.6 Å². The van der Waals surface area contributed by atoms with Crippen LogP contribution in [0.5, 0.6) is 0 Å². The highest BCUT2D eigenvalue weighted by Crippen LogP contribution is 2.06. The number of rotatable bonds is 4. The molecule has 0 aromatic carbocycles. The molecule has 6 heteroatoms. The SMILES string of the molecule is CNc1cnc(C(=O)N(C)Cc2cccc(C)n2)cn1. The lowest BCUT2D eigenvalue weighted by Gasteiger charge is -2.16. The molecule has 6 nitrogen and oxygen atoms in total. The van der Waals surface area contributed by atoms with Crippen molar-refractivity contribution in [2.45, 2.75) is 13.5 Å². The van der Waals surface area contributed by atoms with Gasteiger partial charge in [-0.3, -0.25) is 9.78 Å². The highest BCUT2D eigenvalue weighted by Gasteiger charge is 2.14. The highest BCUT2D eigenvalue weighted by atomic mass is 16.2. The number of aromatic nitrogens is 3. The maximum Gasteiger partial charge on any atom is 0.274 e. The molecule has 1 N–H and O–H groups in total. The predicted octanol–water partition coefficient (Wildman–Crippen LogP) is 1.49. The molecule has 2 rings (SSSR count). The Bertz CT molecular complexity index is 597. The molecule has 0 atom stereocenters. The summed E-state index contributed by atoms with van der Waals surface area (Å²) < 4.78 is 0. The summed E-state index contributed by atoms with van der Waals surface area (Å²) in [6.07, 6.45) is 3.00. The molecule has 0 saturated carbocycles. The fourth-order valence-corrected chi connectivity index (χ4v) is 1.77. The van der Waals surface area contributed by atoms with Crippen LogP contribution in [-0.2, 0) is 6.54 Å². The maximum absolute atomic E-state index is 12.2. The summed E-state index contributed by atoms with van der Waals surface area (Å²) in [5.41, 5.74) is 2.10. The van der Waals surface area contributed by atoms with Gasteiger partial charge in [0.1, 0.15) is 11.5 Å². The third kappa shape index (κ3) is 3.28. The van der Waals surface area contributed by atoms with Crippen molar-refractivity contribution in [2.24, 2.45) is 0 Å². The molecule has 0 aliphatic carbocycles. The van der Waals surface area contributed by atoms with Crippen molar-refractivity contribution in [1.82, 2.24) is 19.9 Å². The second kappa shape index (κ2) is 6.10. The summed E-state index contributed by atoms with van der Waals surface area (Å²) >= 11 is 0. The van der Waals surface area contributed by atoms with Crippen molar-refractivity contribution in [3.8, 4) is 0 Å². The molecule has 0 spiro atoms. The number of anilines is 1. The van der Waals surface area contributed by atoms with Crippen molar-refractivity contribution in [1.29, 1.82) is 0 Å². The smallest absolute Gasteiger partial charge is 0.274 e. The van der Waals surface area contributed by atoms with E-state index in [-0.39, 0.29) is 5.91 Å². The van der Waals surface area contributed by atoms with Crippen molar-refractivity contribution < 1.29 is 4.79 Å². The number of amides is 1. The molecule has 0 radical (unpaired) electrons. The van der Waals surface area contributed by atoms with Crippen LogP contribution in [0.25, 0.3) is 0 Å². The van der Waals surface area contributed by atoms with E-state index in [0.717, 1.165) is 11.4 Å². The Hall–Kier alpha value is -2.50. The van der Waals surface area contributed by atoms with Crippen molar-refractivity contribution in [3.63, 3.8) is 0 Å². The standard InChI is InChI=1S/C14H17N5O/c1-10-5-4-6-11(18-10)9-19(3)14(20)12-7-17-13(15-2)8-16-12/h4-8H,9H2,1-3H3,(H,15,17). The molecule has 2 aromatic rings. The molecule has 0 aliphatic rings. The van der Waals surface area contributed by atoms with Gasteiger partial charge >= 0.3 is 0 Å². The molecule has 20 heavy (non-hydrogen) atoms. The van der Waals surface area contributed by atoms with Crippen LogP contribution in [-0.4, -0.2) is 39.9 Å². The van der Waals surface area contributed by atoms with E-state index in [9.17, 15) is 4.79 Å². The van der Waals surface area contributed by atoms with Gasteiger partial charge in [-0.25, -0.2) is 9.97 Å². The van der Waals surface area contributed by atoms with E-state index in [0.29, 0.717) is 18.1 Å². The quantitative estimate of drug-likeness (QED) is 0.912. The average Bonchev–Trinajstić information content (AvgIpc) is 2.46. The Morgan fingerprint density at radius 1 is 1.30 bits per heavy atom.